The van der Waals surface area contributed by atoms with E-state index in [-0.39, 0.29) is 16.7 Å². The standard InChI is InChI=1S/C19H23ClN2O6/c1-11-3-14(28-21-11)6-13-8-22(9-16(13)23)7-12-4-15(20)19(17(5-12)26-2)27-10-18(24)25/h3-5,13,16,23H,6-10H2,1-2H3,(H,24,25)/t13-,16+/m1/s1. The monoisotopic (exact) mass is 410 g/mol. The van der Waals surface area contributed by atoms with Crippen LogP contribution in [0.3, 0.4) is 0 Å². The summed E-state index contributed by atoms with van der Waals surface area (Å²) in [5.74, 6) is 0.310. The molecule has 2 atom stereocenters. The van der Waals surface area contributed by atoms with E-state index < -0.39 is 18.7 Å². The van der Waals surface area contributed by atoms with Gasteiger partial charge in [-0.2, -0.15) is 0 Å². The van der Waals surface area contributed by atoms with Gasteiger partial charge in [0.15, 0.2) is 18.1 Å². The van der Waals surface area contributed by atoms with Crippen molar-refractivity contribution in [3.63, 3.8) is 0 Å². The Kier molecular flexibility index (Phi) is 6.43. The third kappa shape index (κ3) is 4.95. The maximum absolute atomic E-state index is 10.7. The Balaban J connectivity index is 1.66. The summed E-state index contributed by atoms with van der Waals surface area (Å²) in [7, 11) is 1.47. The van der Waals surface area contributed by atoms with Crippen molar-refractivity contribution in [1.82, 2.24) is 10.1 Å². The first-order valence-electron chi connectivity index (χ1n) is 8.89. The first kappa shape index (κ1) is 20.4. The van der Waals surface area contributed by atoms with E-state index in [4.69, 9.17) is 30.7 Å². The van der Waals surface area contributed by atoms with Crippen molar-refractivity contribution in [2.75, 3.05) is 26.8 Å². The molecule has 0 amide bonds. The number of aryl methyl sites for hydroxylation is 1. The molecule has 28 heavy (non-hydrogen) atoms. The number of hydrogen-bond donors (Lipinski definition) is 2. The van der Waals surface area contributed by atoms with E-state index in [1.54, 1.807) is 12.1 Å². The van der Waals surface area contributed by atoms with E-state index in [2.05, 4.69) is 10.1 Å². The number of methoxy groups -OCH3 is 1. The van der Waals surface area contributed by atoms with Crippen molar-refractivity contribution in [2.45, 2.75) is 26.0 Å². The third-order valence-corrected chi connectivity index (χ3v) is 4.94. The number of aliphatic carboxylic acids is 1. The topological polar surface area (TPSA) is 105 Å². The highest BCUT2D eigenvalue weighted by atomic mass is 35.5. The number of likely N-dealkylation sites (tertiary alicyclic amines) is 1. The lowest BCUT2D eigenvalue weighted by Crippen LogP contribution is -2.21. The highest BCUT2D eigenvalue weighted by molar-refractivity contribution is 6.32. The molecule has 8 nitrogen and oxygen atoms in total. The summed E-state index contributed by atoms with van der Waals surface area (Å²) >= 11 is 6.26. The molecule has 9 heteroatoms. The second kappa shape index (κ2) is 8.81. The number of hydrogen-bond acceptors (Lipinski definition) is 7. The van der Waals surface area contributed by atoms with E-state index in [0.717, 1.165) is 17.0 Å². The van der Waals surface area contributed by atoms with E-state index in [9.17, 15) is 9.90 Å². The summed E-state index contributed by atoms with van der Waals surface area (Å²) in [6.07, 6.45) is 0.172. The molecule has 1 saturated heterocycles. The summed E-state index contributed by atoms with van der Waals surface area (Å²) in [6, 6.07) is 5.37. The maximum atomic E-state index is 10.7. The van der Waals surface area contributed by atoms with Crippen LogP contribution in [0.25, 0.3) is 0 Å². The SMILES string of the molecule is COc1cc(CN2C[C@@H](Cc3cc(C)no3)[C@@H](O)C2)cc(Cl)c1OCC(=O)O. The van der Waals surface area contributed by atoms with Crippen LogP contribution in [0, 0.1) is 12.8 Å². The van der Waals surface area contributed by atoms with E-state index in [1.165, 1.54) is 7.11 Å². The molecule has 2 N–H and O–H groups in total. The number of β-amino-alcohol motifs (C(OH)–C–C–N with tert-alkyl or cyclic N) is 1. The molecule has 0 bridgehead atoms. The van der Waals surface area contributed by atoms with Gasteiger partial charge in [0, 0.05) is 38.0 Å². The Hall–Kier alpha value is -2.29. The number of ether oxygens (including phenoxy) is 2. The van der Waals surface area contributed by atoms with Crippen LogP contribution in [0.4, 0.5) is 0 Å². The Morgan fingerprint density at radius 1 is 1.39 bits per heavy atom. The Bertz CT molecular complexity index is 840. The van der Waals surface area contributed by atoms with E-state index >= 15 is 0 Å². The molecule has 1 aliphatic rings. The van der Waals surface area contributed by atoms with Gasteiger partial charge >= 0.3 is 5.97 Å². The number of aromatic nitrogens is 1. The molecule has 1 fully saturated rings. The van der Waals surface area contributed by atoms with E-state index in [1.807, 2.05) is 13.0 Å². The van der Waals surface area contributed by atoms with Gasteiger partial charge in [0.2, 0.25) is 0 Å². The number of aliphatic hydroxyl groups excluding tert-OH is 1. The van der Waals surface area contributed by atoms with Crippen LogP contribution in [-0.2, 0) is 17.8 Å². The molecule has 0 spiro atoms. The Morgan fingerprint density at radius 2 is 2.18 bits per heavy atom. The fourth-order valence-corrected chi connectivity index (χ4v) is 3.73. The molecule has 2 aromatic rings. The second-order valence-corrected chi connectivity index (χ2v) is 7.36. The maximum Gasteiger partial charge on any atom is 0.341 e. The quantitative estimate of drug-likeness (QED) is 0.682. The zero-order valence-electron chi connectivity index (χ0n) is 15.7. The lowest BCUT2D eigenvalue weighted by molar-refractivity contribution is -0.139. The fraction of sp³-hybridized carbons (Fsp3) is 0.474. The van der Waals surface area contributed by atoms with Gasteiger partial charge in [0.05, 0.1) is 23.9 Å². The number of nitrogens with zero attached hydrogens (tertiary/aromatic N) is 2. The molecular weight excluding hydrogens is 388 g/mol. The van der Waals surface area contributed by atoms with Crippen LogP contribution < -0.4 is 9.47 Å². The smallest absolute Gasteiger partial charge is 0.341 e. The van der Waals surface area contributed by atoms with Gasteiger partial charge in [-0.05, 0) is 24.6 Å². The molecule has 0 unspecified atom stereocenters. The van der Waals surface area contributed by atoms with Crippen LogP contribution in [0.2, 0.25) is 5.02 Å². The molecule has 0 saturated carbocycles. The van der Waals surface area contributed by atoms with Crippen LogP contribution in [0.15, 0.2) is 22.7 Å². The summed E-state index contributed by atoms with van der Waals surface area (Å²) in [4.78, 5) is 12.9. The highest BCUT2D eigenvalue weighted by Crippen LogP contribution is 2.37. The average Bonchev–Trinajstić information content (AvgIpc) is 3.19. The summed E-state index contributed by atoms with van der Waals surface area (Å²) in [5, 5.41) is 23.3. The second-order valence-electron chi connectivity index (χ2n) is 6.95. The molecular formula is C19H23ClN2O6. The van der Waals surface area contributed by atoms with Crippen molar-refractivity contribution in [1.29, 1.82) is 0 Å². The minimum atomic E-state index is -1.10. The minimum Gasteiger partial charge on any atom is -0.493 e. The summed E-state index contributed by atoms with van der Waals surface area (Å²) < 4.78 is 15.8. The van der Waals surface area contributed by atoms with Gasteiger partial charge in [0.1, 0.15) is 5.76 Å². The zero-order valence-corrected chi connectivity index (χ0v) is 16.5. The molecule has 3 rings (SSSR count). The van der Waals surface area contributed by atoms with Crippen molar-refractivity contribution in [3.8, 4) is 11.5 Å². The van der Waals surface area contributed by atoms with Crippen molar-refractivity contribution in [3.05, 3.63) is 40.2 Å². The largest absolute Gasteiger partial charge is 0.493 e. The van der Waals surface area contributed by atoms with Gasteiger partial charge in [-0.25, -0.2) is 4.79 Å². The summed E-state index contributed by atoms with van der Waals surface area (Å²) in [6.45, 7) is 3.17. The Morgan fingerprint density at radius 3 is 2.82 bits per heavy atom. The fourth-order valence-electron chi connectivity index (χ4n) is 3.44. The zero-order chi connectivity index (χ0) is 20.3. The molecule has 0 aliphatic carbocycles. The minimum absolute atomic E-state index is 0.0582. The normalized spacial score (nSPS) is 19.7. The molecule has 152 valence electrons. The molecule has 1 aromatic carbocycles. The molecule has 0 radical (unpaired) electrons. The van der Waals surface area contributed by atoms with Gasteiger partial charge in [-0.3, -0.25) is 4.90 Å². The number of carbonyl (C=O) groups is 1. The molecule has 1 aliphatic heterocycles. The highest BCUT2D eigenvalue weighted by Gasteiger charge is 2.32. The van der Waals surface area contributed by atoms with E-state index in [0.29, 0.717) is 31.8 Å². The van der Waals surface area contributed by atoms with Crippen LogP contribution in [-0.4, -0.2) is 59.1 Å². The Labute approximate surface area is 167 Å². The lowest BCUT2D eigenvalue weighted by Gasteiger charge is -2.18. The van der Waals surface area contributed by atoms with Crippen molar-refractivity contribution >= 4 is 17.6 Å². The number of rotatable bonds is 8. The van der Waals surface area contributed by atoms with Gasteiger partial charge in [0.25, 0.3) is 0 Å². The first-order chi connectivity index (χ1) is 13.4. The first-order valence-corrected chi connectivity index (χ1v) is 9.27. The number of carboxylic acid groups (broad SMARTS) is 1. The molecule has 2 heterocycles. The predicted octanol–water partition coefficient (Wildman–Crippen LogP) is 2.14. The van der Waals surface area contributed by atoms with Gasteiger partial charge in [-0.1, -0.05) is 16.8 Å². The number of halogens is 1. The lowest BCUT2D eigenvalue weighted by atomic mass is 10.0. The number of carboxylic acids is 1. The molecule has 1 aromatic heterocycles. The van der Waals surface area contributed by atoms with Gasteiger partial charge in [-0.15, -0.1) is 0 Å². The third-order valence-electron chi connectivity index (χ3n) is 4.66. The summed E-state index contributed by atoms with van der Waals surface area (Å²) in [5.41, 5.74) is 1.71. The van der Waals surface area contributed by atoms with Crippen LogP contribution >= 0.6 is 11.6 Å². The number of benzene rings is 1. The van der Waals surface area contributed by atoms with Crippen LogP contribution in [0.5, 0.6) is 11.5 Å². The van der Waals surface area contributed by atoms with Crippen molar-refractivity contribution in [2.24, 2.45) is 5.92 Å². The number of aliphatic hydroxyl groups is 1. The van der Waals surface area contributed by atoms with Crippen molar-refractivity contribution < 1.29 is 29.0 Å². The average molecular weight is 411 g/mol. The predicted molar refractivity (Wildman–Crippen MR) is 101 cm³/mol. The van der Waals surface area contributed by atoms with Gasteiger partial charge < -0.3 is 24.2 Å². The van der Waals surface area contributed by atoms with Crippen LogP contribution in [0.1, 0.15) is 17.0 Å².